The Morgan fingerprint density at radius 2 is 2.20 bits per heavy atom. The maximum Gasteiger partial charge on any atom is 0.143 e. The predicted octanol–water partition coefficient (Wildman–Crippen LogP) is 2.00. The van der Waals surface area contributed by atoms with Crippen molar-refractivity contribution in [2.24, 2.45) is 5.92 Å². The lowest BCUT2D eigenvalue weighted by molar-refractivity contribution is 0.0106. The zero-order valence-electron chi connectivity index (χ0n) is 9.22. The van der Waals surface area contributed by atoms with E-state index in [0.29, 0.717) is 12.5 Å². The first-order valence-corrected chi connectivity index (χ1v) is 5.12. The number of hydrogen-bond donors (Lipinski definition) is 1. The van der Waals surface area contributed by atoms with Crippen molar-refractivity contribution in [3.8, 4) is 0 Å². The molecule has 0 saturated heterocycles. The molecular weight excluding hydrogens is 192 g/mol. The highest BCUT2D eigenvalue weighted by Gasteiger charge is 2.02. The summed E-state index contributed by atoms with van der Waals surface area (Å²) in [7, 11) is 0. The van der Waals surface area contributed by atoms with Crippen LogP contribution in [0.15, 0.2) is 36.1 Å². The van der Waals surface area contributed by atoms with Gasteiger partial charge in [0.2, 0.25) is 0 Å². The van der Waals surface area contributed by atoms with Gasteiger partial charge in [0, 0.05) is 0 Å². The lowest BCUT2D eigenvalue weighted by atomic mass is 10.1. The van der Waals surface area contributed by atoms with Gasteiger partial charge in [-0.3, -0.25) is 0 Å². The number of aliphatic hydroxyl groups excluding tert-OH is 1. The molecule has 0 spiro atoms. The normalized spacial score (nSPS) is 31.8. The first-order chi connectivity index (χ1) is 7.22. The molecule has 0 fully saturated rings. The van der Waals surface area contributed by atoms with E-state index in [4.69, 9.17) is 14.6 Å². The fourth-order valence-corrected chi connectivity index (χ4v) is 1.29. The van der Waals surface area contributed by atoms with Gasteiger partial charge in [-0.1, -0.05) is 19.1 Å². The largest absolute Gasteiger partial charge is 0.495 e. The third-order valence-corrected chi connectivity index (χ3v) is 2.10. The van der Waals surface area contributed by atoms with Crippen molar-refractivity contribution >= 4 is 0 Å². The highest BCUT2D eigenvalue weighted by Crippen LogP contribution is 2.10. The molecule has 84 valence electrons. The molecule has 0 aliphatic carbocycles. The molecular formula is C12H18O3. The minimum atomic E-state index is -0.256. The molecule has 3 heteroatoms. The van der Waals surface area contributed by atoms with Crippen LogP contribution in [0.5, 0.6) is 0 Å². The van der Waals surface area contributed by atoms with Crippen LogP contribution in [0, 0.1) is 5.92 Å². The van der Waals surface area contributed by atoms with E-state index < -0.39 is 0 Å². The second-order valence-corrected chi connectivity index (χ2v) is 3.61. The molecule has 0 aromatic rings. The molecule has 0 bridgehead atoms. The highest BCUT2D eigenvalue weighted by molar-refractivity contribution is 5.22. The molecule has 1 aliphatic heterocycles. The van der Waals surface area contributed by atoms with E-state index in [1.54, 1.807) is 6.26 Å². The van der Waals surface area contributed by atoms with Crippen LogP contribution < -0.4 is 0 Å². The van der Waals surface area contributed by atoms with Gasteiger partial charge in [0.15, 0.2) is 0 Å². The highest BCUT2D eigenvalue weighted by atomic mass is 16.6. The zero-order valence-corrected chi connectivity index (χ0v) is 9.22. The third kappa shape index (κ3) is 4.81. The van der Waals surface area contributed by atoms with Gasteiger partial charge in [-0.25, -0.2) is 0 Å². The van der Waals surface area contributed by atoms with Crippen LogP contribution in [0.4, 0.5) is 0 Å². The van der Waals surface area contributed by atoms with Crippen molar-refractivity contribution in [3.63, 3.8) is 0 Å². The van der Waals surface area contributed by atoms with Gasteiger partial charge in [-0.15, -0.1) is 0 Å². The topological polar surface area (TPSA) is 38.7 Å². The summed E-state index contributed by atoms with van der Waals surface area (Å²) < 4.78 is 10.4. The molecule has 0 aromatic heterocycles. The van der Waals surface area contributed by atoms with E-state index in [1.165, 1.54) is 0 Å². The average Bonchev–Trinajstić information content (AvgIpc) is 2.28. The Kier molecular flexibility index (Phi) is 5.15. The molecule has 3 nitrogen and oxygen atoms in total. The van der Waals surface area contributed by atoms with Gasteiger partial charge in [-0.2, -0.15) is 0 Å². The fourth-order valence-electron chi connectivity index (χ4n) is 1.29. The quantitative estimate of drug-likeness (QED) is 0.724. The van der Waals surface area contributed by atoms with Crippen LogP contribution >= 0.6 is 0 Å². The Hall–Kier alpha value is -1.06. The zero-order chi connectivity index (χ0) is 11.1. The summed E-state index contributed by atoms with van der Waals surface area (Å²) in [6, 6.07) is 0. The van der Waals surface area contributed by atoms with Gasteiger partial charge in [0.1, 0.15) is 12.9 Å². The van der Waals surface area contributed by atoms with Crippen LogP contribution in [-0.4, -0.2) is 24.6 Å². The maximum atomic E-state index is 8.58. The standard InChI is InChI=1S/C12H18O3/c1-10-3-4-12(8-14-9-13)7-11(2)15-6-5-10/h3-7,10-11,13H,8-9H2,1-2H3/b4-3?,6-5-,12-7+. The molecule has 2 atom stereocenters. The number of aliphatic hydroxyl groups is 1. The van der Waals surface area contributed by atoms with Gasteiger partial charge in [-0.05, 0) is 30.6 Å². The minimum Gasteiger partial charge on any atom is -0.495 e. The summed E-state index contributed by atoms with van der Waals surface area (Å²) in [5, 5.41) is 8.58. The van der Waals surface area contributed by atoms with E-state index in [2.05, 4.69) is 13.0 Å². The van der Waals surface area contributed by atoms with Crippen molar-refractivity contribution in [2.45, 2.75) is 20.0 Å². The Labute approximate surface area is 90.7 Å². The van der Waals surface area contributed by atoms with E-state index >= 15 is 0 Å². The summed E-state index contributed by atoms with van der Waals surface area (Å²) in [5.74, 6) is 0.341. The summed E-state index contributed by atoms with van der Waals surface area (Å²) >= 11 is 0. The summed E-state index contributed by atoms with van der Waals surface area (Å²) in [4.78, 5) is 0. The van der Waals surface area contributed by atoms with Gasteiger partial charge < -0.3 is 14.6 Å². The van der Waals surface area contributed by atoms with Crippen LogP contribution in [0.2, 0.25) is 0 Å². The van der Waals surface area contributed by atoms with Gasteiger partial charge in [0.05, 0.1) is 12.9 Å². The van der Waals surface area contributed by atoms with Crippen molar-refractivity contribution < 1.29 is 14.6 Å². The van der Waals surface area contributed by atoms with Crippen LogP contribution in [0.25, 0.3) is 0 Å². The SMILES string of the molecule is CC1C=C/C(COCO)=C\C(C)O/C=C\1. The lowest BCUT2D eigenvalue weighted by Gasteiger charge is -2.08. The second kappa shape index (κ2) is 6.43. The number of allylic oxidation sites excluding steroid dienone is 2. The fraction of sp³-hybridized carbons (Fsp3) is 0.500. The first kappa shape index (κ1) is 12.0. The van der Waals surface area contributed by atoms with Gasteiger partial charge >= 0.3 is 0 Å². The third-order valence-electron chi connectivity index (χ3n) is 2.10. The van der Waals surface area contributed by atoms with Crippen molar-refractivity contribution in [2.75, 3.05) is 13.4 Å². The van der Waals surface area contributed by atoms with E-state index in [9.17, 15) is 0 Å². The van der Waals surface area contributed by atoms with Crippen LogP contribution in [0.1, 0.15) is 13.8 Å². The molecule has 0 radical (unpaired) electrons. The van der Waals surface area contributed by atoms with E-state index in [1.807, 2.05) is 25.2 Å². The predicted molar refractivity (Wildman–Crippen MR) is 59.1 cm³/mol. The smallest absolute Gasteiger partial charge is 0.143 e. The Bertz CT molecular complexity index is 266. The van der Waals surface area contributed by atoms with Gasteiger partial charge in [0.25, 0.3) is 0 Å². The molecule has 1 N–H and O–H groups in total. The van der Waals surface area contributed by atoms with E-state index in [0.717, 1.165) is 5.57 Å². The molecule has 0 amide bonds. The molecule has 1 heterocycles. The molecule has 2 unspecified atom stereocenters. The molecule has 0 saturated carbocycles. The molecule has 15 heavy (non-hydrogen) atoms. The summed E-state index contributed by atoms with van der Waals surface area (Å²) in [6.45, 7) is 4.20. The molecule has 1 aliphatic rings. The summed E-state index contributed by atoms with van der Waals surface area (Å²) in [6.07, 6.45) is 9.81. The van der Waals surface area contributed by atoms with Crippen molar-refractivity contribution in [1.82, 2.24) is 0 Å². The second-order valence-electron chi connectivity index (χ2n) is 3.61. The minimum absolute atomic E-state index is 0.0218. The number of rotatable bonds is 3. The van der Waals surface area contributed by atoms with E-state index in [-0.39, 0.29) is 12.9 Å². The molecule has 1 rings (SSSR count). The monoisotopic (exact) mass is 210 g/mol. The average molecular weight is 210 g/mol. The van der Waals surface area contributed by atoms with Crippen LogP contribution in [-0.2, 0) is 9.47 Å². The van der Waals surface area contributed by atoms with Crippen molar-refractivity contribution in [1.29, 1.82) is 0 Å². The summed E-state index contributed by atoms with van der Waals surface area (Å²) in [5.41, 5.74) is 1.02. The van der Waals surface area contributed by atoms with Crippen molar-refractivity contribution in [3.05, 3.63) is 36.1 Å². The van der Waals surface area contributed by atoms with Crippen LogP contribution in [0.3, 0.4) is 0 Å². The Morgan fingerprint density at radius 1 is 1.40 bits per heavy atom. The maximum absolute atomic E-state index is 8.58. The Morgan fingerprint density at radius 3 is 2.93 bits per heavy atom. The first-order valence-electron chi connectivity index (χ1n) is 5.12. The number of ether oxygens (including phenoxy) is 2. The number of hydrogen-bond acceptors (Lipinski definition) is 3. The lowest BCUT2D eigenvalue weighted by Crippen LogP contribution is -2.04. The Balaban J connectivity index is 2.68. The molecule has 0 aromatic carbocycles.